The molecule has 2 nitrogen and oxygen atoms in total. The van der Waals surface area contributed by atoms with Crippen molar-refractivity contribution in [1.82, 2.24) is 4.90 Å². The van der Waals surface area contributed by atoms with Crippen LogP contribution >= 0.6 is 0 Å². The van der Waals surface area contributed by atoms with Crippen molar-refractivity contribution in [3.8, 4) is 0 Å². The Hall–Kier alpha value is -1.54. The molecular weight excluding hydrogens is 268 g/mol. The van der Waals surface area contributed by atoms with Gasteiger partial charge in [-0.1, -0.05) is 30.9 Å². The Labute approximate surface area is 132 Å². The first-order chi connectivity index (χ1) is 10.7. The molecule has 2 bridgehead atoms. The third-order valence-electron chi connectivity index (χ3n) is 6.76. The van der Waals surface area contributed by atoms with E-state index in [1.807, 2.05) is 0 Å². The molecule has 114 valence electrons. The molecule has 22 heavy (non-hydrogen) atoms. The van der Waals surface area contributed by atoms with E-state index in [0.717, 1.165) is 0 Å². The number of fused-ring (bicyclic) bond motifs is 2. The lowest BCUT2D eigenvalue weighted by Crippen LogP contribution is -2.61. The number of para-hydroxylation sites is 1. The van der Waals surface area contributed by atoms with Crippen molar-refractivity contribution in [2.45, 2.75) is 38.3 Å². The van der Waals surface area contributed by atoms with Gasteiger partial charge in [-0.3, -0.25) is 4.90 Å². The van der Waals surface area contributed by atoms with Crippen molar-refractivity contribution in [1.29, 1.82) is 0 Å². The van der Waals surface area contributed by atoms with Gasteiger partial charge in [-0.05, 0) is 62.1 Å². The van der Waals surface area contributed by atoms with Crippen LogP contribution in [-0.2, 0) is 6.42 Å². The first-order valence-corrected chi connectivity index (χ1v) is 8.68. The molecule has 4 atom stereocenters. The molecular formula is C20H24N2. The molecule has 0 radical (unpaired) electrons. The Kier molecular flexibility index (Phi) is 2.51. The molecule has 0 amide bonds. The van der Waals surface area contributed by atoms with Crippen molar-refractivity contribution in [2.24, 2.45) is 11.3 Å². The number of hydrogen-bond acceptors (Lipinski definition) is 2. The number of nitrogens with one attached hydrogen (secondary N) is 1. The molecule has 1 aromatic rings. The van der Waals surface area contributed by atoms with Gasteiger partial charge in [-0.2, -0.15) is 0 Å². The number of rotatable bonds is 0. The molecule has 1 saturated carbocycles. The molecule has 4 aliphatic rings. The maximum Gasteiger partial charge on any atom is 0.0555 e. The Morgan fingerprint density at radius 1 is 1.32 bits per heavy atom. The van der Waals surface area contributed by atoms with Crippen LogP contribution in [0.3, 0.4) is 0 Å². The summed E-state index contributed by atoms with van der Waals surface area (Å²) in [6, 6.07) is 9.96. The predicted octanol–water partition coefficient (Wildman–Crippen LogP) is 3.62. The lowest BCUT2D eigenvalue weighted by molar-refractivity contribution is 0.0994. The van der Waals surface area contributed by atoms with Crippen molar-refractivity contribution >= 4 is 5.69 Å². The van der Waals surface area contributed by atoms with Crippen LogP contribution in [0.5, 0.6) is 0 Å². The maximum atomic E-state index is 4.58. The second-order valence-corrected chi connectivity index (χ2v) is 7.54. The minimum atomic E-state index is 0.324. The Morgan fingerprint density at radius 3 is 3.05 bits per heavy atom. The molecule has 5 rings (SSSR count). The zero-order chi connectivity index (χ0) is 14.9. The molecule has 3 heterocycles. The summed E-state index contributed by atoms with van der Waals surface area (Å²) in [5, 5.41) is 3.89. The summed E-state index contributed by atoms with van der Waals surface area (Å²) in [7, 11) is 0. The second-order valence-electron chi connectivity index (χ2n) is 7.54. The van der Waals surface area contributed by atoms with Crippen LogP contribution in [0.15, 0.2) is 48.1 Å². The van der Waals surface area contributed by atoms with Gasteiger partial charge in [0.25, 0.3) is 0 Å². The summed E-state index contributed by atoms with van der Waals surface area (Å²) >= 11 is 0. The normalized spacial score (nSPS) is 41.0. The van der Waals surface area contributed by atoms with Gasteiger partial charge in [0.15, 0.2) is 0 Å². The first-order valence-electron chi connectivity index (χ1n) is 8.68. The van der Waals surface area contributed by atoms with Gasteiger partial charge in [-0.15, -0.1) is 0 Å². The van der Waals surface area contributed by atoms with Crippen LogP contribution < -0.4 is 5.32 Å². The highest BCUT2D eigenvalue weighted by atomic mass is 15.2. The quantitative estimate of drug-likeness (QED) is 0.735. The molecule has 1 N–H and O–H groups in total. The minimum Gasteiger partial charge on any atom is -0.378 e. The number of benzene rings is 1. The molecule has 2 heteroatoms. The van der Waals surface area contributed by atoms with E-state index in [9.17, 15) is 0 Å². The number of allylic oxidation sites excluding steroid dienone is 1. The molecule has 1 aromatic carbocycles. The van der Waals surface area contributed by atoms with Crippen LogP contribution in [0, 0.1) is 11.3 Å². The van der Waals surface area contributed by atoms with E-state index in [4.69, 9.17) is 0 Å². The first kappa shape index (κ1) is 13.0. The maximum absolute atomic E-state index is 4.58. The standard InChI is InChI=1S/C20H24N2/c1-3-15-16-8-10-22-11-9-20(19(15)22)12-14-6-4-5-7-17(14)21-18(20)13(16)2/h3-7,16,18-19,21H,2,8-12H2,1H3/b15-3+/t16-,18-,19-,20+/m1/s1. The summed E-state index contributed by atoms with van der Waals surface area (Å²) in [6.45, 7) is 9.32. The zero-order valence-corrected chi connectivity index (χ0v) is 13.3. The van der Waals surface area contributed by atoms with Gasteiger partial charge in [0.2, 0.25) is 0 Å². The molecule has 3 aliphatic heterocycles. The Balaban J connectivity index is 1.71. The van der Waals surface area contributed by atoms with Crippen LogP contribution in [-0.4, -0.2) is 30.1 Å². The topological polar surface area (TPSA) is 15.3 Å². The molecule has 2 saturated heterocycles. The third-order valence-corrected chi connectivity index (χ3v) is 6.76. The molecule has 3 fully saturated rings. The van der Waals surface area contributed by atoms with Crippen molar-refractivity contribution in [2.75, 3.05) is 18.4 Å². The van der Waals surface area contributed by atoms with Gasteiger partial charge >= 0.3 is 0 Å². The van der Waals surface area contributed by atoms with Crippen molar-refractivity contribution in [3.63, 3.8) is 0 Å². The fourth-order valence-corrected chi connectivity index (χ4v) is 5.90. The van der Waals surface area contributed by atoms with Gasteiger partial charge in [-0.25, -0.2) is 0 Å². The van der Waals surface area contributed by atoms with Gasteiger partial charge in [0.1, 0.15) is 0 Å². The highest BCUT2D eigenvalue weighted by Gasteiger charge is 2.61. The highest BCUT2D eigenvalue weighted by Crippen LogP contribution is 2.59. The number of anilines is 1. The fraction of sp³-hybridized carbons (Fsp3) is 0.500. The monoisotopic (exact) mass is 292 g/mol. The van der Waals surface area contributed by atoms with Crippen LogP contribution in [0.25, 0.3) is 0 Å². The smallest absolute Gasteiger partial charge is 0.0555 e. The van der Waals surface area contributed by atoms with E-state index in [1.54, 1.807) is 5.57 Å². The zero-order valence-electron chi connectivity index (χ0n) is 13.3. The van der Waals surface area contributed by atoms with Gasteiger partial charge in [0, 0.05) is 23.1 Å². The fourth-order valence-electron chi connectivity index (χ4n) is 5.90. The van der Waals surface area contributed by atoms with Crippen molar-refractivity contribution in [3.05, 3.63) is 53.6 Å². The number of hydrogen-bond donors (Lipinski definition) is 1. The van der Waals surface area contributed by atoms with Crippen molar-refractivity contribution < 1.29 is 0 Å². The minimum absolute atomic E-state index is 0.324. The second kappa shape index (κ2) is 4.26. The predicted molar refractivity (Wildman–Crippen MR) is 91.0 cm³/mol. The molecule has 0 unspecified atom stereocenters. The SMILES string of the molecule is C=C1[C@H]2CCN3CC[C@@]4(Cc5ccccc5N[C@H]14)[C@H]3/C2=C/C. The van der Waals surface area contributed by atoms with E-state index in [2.05, 4.69) is 54.1 Å². The van der Waals surface area contributed by atoms with E-state index >= 15 is 0 Å². The Morgan fingerprint density at radius 2 is 2.18 bits per heavy atom. The number of nitrogens with zero attached hydrogens (tertiary/aromatic N) is 1. The van der Waals surface area contributed by atoms with Crippen LogP contribution in [0.2, 0.25) is 0 Å². The lowest BCUT2D eigenvalue weighted by atomic mass is 9.55. The summed E-state index contributed by atoms with van der Waals surface area (Å²) in [4.78, 5) is 2.75. The molecule has 1 spiro atoms. The molecule has 0 aromatic heterocycles. The van der Waals surface area contributed by atoms with Gasteiger partial charge in [0.05, 0.1) is 6.04 Å². The average molecular weight is 292 g/mol. The summed E-state index contributed by atoms with van der Waals surface area (Å²) < 4.78 is 0. The largest absolute Gasteiger partial charge is 0.378 e. The van der Waals surface area contributed by atoms with E-state index in [1.165, 1.54) is 49.2 Å². The summed E-state index contributed by atoms with van der Waals surface area (Å²) in [5.74, 6) is 0.597. The van der Waals surface area contributed by atoms with Crippen LogP contribution in [0.4, 0.5) is 5.69 Å². The van der Waals surface area contributed by atoms with E-state index < -0.39 is 0 Å². The lowest BCUT2D eigenvalue weighted by Gasteiger charge is -2.57. The highest BCUT2D eigenvalue weighted by molar-refractivity contribution is 5.60. The summed E-state index contributed by atoms with van der Waals surface area (Å²) in [6.07, 6.45) is 6.15. The third kappa shape index (κ3) is 1.40. The van der Waals surface area contributed by atoms with Crippen LogP contribution in [0.1, 0.15) is 25.3 Å². The van der Waals surface area contributed by atoms with E-state index in [0.29, 0.717) is 23.4 Å². The number of piperidine rings is 1. The van der Waals surface area contributed by atoms with E-state index in [-0.39, 0.29) is 0 Å². The Bertz CT molecular complexity index is 689. The molecule has 1 aliphatic carbocycles. The average Bonchev–Trinajstić information content (AvgIpc) is 2.94. The summed E-state index contributed by atoms with van der Waals surface area (Å²) in [5.41, 5.74) is 6.25. The van der Waals surface area contributed by atoms with Gasteiger partial charge < -0.3 is 5.32 Å².